The molecule has 0 aromatic carbocycles. The lowest BCUT2D eigenvalue weighted by molar-refractivity contribution is -0.155. The molecule has 4 nitrogen and oxygen atoms in total. The summed E-state index contributed by atoms with van der Waals surface area (Å²) in [6, 6.07) is 0. The van der Waals surface area contributed by atoms with Gasteiger partial charge in [-0.05, 0) is 13.8 Å². The fourth-order valence-corrected chi connectivity index (χ4v) is 2.55. The van der Waals surface area contributed by atoms with E-state index in [-0.39, 0.29) is 25.4 Å². The Labute approximate surface area is 112 Å². The van der Waals surface area contributed by atoms with Crippen LogP contribution in [0.5, 0.6) is 0 Å². The van der Waals surface area contributed by atoms with Crippen molar-refractivity contribution in [2.45, 2.75) is 57.7 Å². The maximum atomic E-state index is 14.0. The van der Waals surface area contributed by atoms with E-state index in [1.807, 2.05) is 0 Å². The molecule has 0 aromatic heterocycles. The zero-order valence-electron chi connectivity index (χ0n) is 11.7. The molecule has 1 unspecified atom stereocenters. The Kier molecular flexibility index (Phi) is 4.45. The standard InChI is InChI=1S/C13H22F2O4/c1-9(11-16-4-5-17-11)6-13(14,15)7-10-8-18-12(2,3)19-10/h9-11H,4-8H2,1-3H3/t9?,10-/m0/s1. The summed E-state index contributed by atoms with van der Waals surface area (Å²) in [5, 5.41) is 0. The molecule has 2 saturated heterocycles. The molecule has 6 heteroatoms. The lowest BCUT2D eigenvalue weighted by Crippen LogP contribution is -2.32. The SMILES string of the molecule is CC(CC(F)(F)C[C@H]1COC(C)(C)O1)C1OCCO1. The maximum absolute atomic E-state index is 14.0. The Balaban J connectivity index is 1.81. The second kappa shape index (κ2) is 5.60. The quantitative estimate of drug-likeness (QED) is 0.775. The number of hydrogen-bond acceptors (Lipinski definition) is 4. The van der Waals surface area contributed by atoms with Gasteiger partial charge in [-0.1, -0.05) is 6.92 Å². The van der Waals surface area contributed by atoms with Crippen LogP contribution in [0.15, 0.2) is 0 Å². The number of rotatable bonds is 5. The summed E-state index contributed by atoms with van der Waals surface area (Å²) < 4.78 is 49.2. The largest absolute Gasteiger partial charge is 0.350 e. The Morgan fingerprint density at radius 1 is 1.26 bits per heavy atom. The number of ether oxygens (including phenoxy) is 4. The Morgan fingerprint density at radius 3 is 2.42 bits per heavy atom. The highest BCUT2D eigenvalue weighted by atomic mass is 19.3. The normalized spacial score (nSPS) is 29.8. The minimum Gasteiger partial charge on any atom is -0.350 e. The summed E-state index contributed by atoms with van der Waals surface area (Å²) in [5.41, 5.74) is 0. The van der Waals surface area contributed by atoms with Gasteiger partial charge in [0, 0.05) is 18.8 Å². The van der Waals surface area contributed by atoms with Gasteiger partial charge in [0.05, 0.1) is 25.9 Å². The predicted molar refractivity (Wildman–Crippen MR) is 63.9 cm³/mol. The van der Waals surface area contributed by atoms with Gasteiger partial charge in [0.25, 0.3) is 5.92 Å². The molecule has 2 fully saturated rings. The third-order valence-corrected chi connectivity index (χ3v) is 3.33. The van der Waals surface area contributed by atoms with Crippen LogP contribution in [-0.2, 0) is 18.9 Å². The van der Waals surface area contributed by atoms with E-state index in [0.717, 1.165) is 0 Å². The van der Waals surface area contributed by atoms with Crippen molar-refractivity contribution >= 4 is 0 Å². The summed E-state index contributed by atoms with van der Waals surface area (Å²) in [7, 11) is 0. The lowest BCUT2D eigenvalue weighted by Gasteiger charge is -2.25. The van der Waals surface area contributed by atoms with E-state index in [1.54, 1.807) is 20.8 Å². The first-order valence-corrected chi connectivity index (χ1v) is 6.70. The van der Waals surface area contributed by atoms with Crippen LogP contribution in [0.2, 0.25) is 0 Å². The van der Waals surface area contributed by atoms with Crippen LogP contribution >= 0.6 is 0 Å². The summed E-state index contributed by atoms with van der Waals surface area (Å²) in [5.74, 6) is -3.90. The van der Waals surface area contributed by atoms with Gasteiger partial charge in [-0.15, -0.1) is 0 Å². The van der Waals surface area contributed by atoms with Crippen molar-refractivity contribution in [2.75, 3.05) is 19.8 Å². The molecule has 2 aliphatic rings. The monoisotopic (exact) mass is 280 g/mol. The van der Waals surface area contributed by atoms with Gasteiger partial charge in [-0.3, -0.25) is 0 Å². The first-order valence-electron chi connectivity index (χ1n) is 6.70. The lowest BCUT2D eigenvalue weighted by atomic mass is 9.98. The van der Waals surface area contributed by atoms with Crippen LogP contribution in [0.3, 0.4) is 0 Å². The van der Waals surface area contributed by atoms with Gasteiger partial charge in [0.2, 0.25) is 0 Å². The van der Waals surface area contributed by atoms with Crippen molar-refractivity contribution in [1.82, 2.24) is 0 Å². The molecule has 0 spiro atoms. The highest BCUT2D eigenvalue weighted by Gasteiger charge is 2.42. The van der Waals surface area contributed by atoms with Crippen molar-refractivity contribution in [1.29, 1.82) is 0 Å². The van der Waals surface area contributed by atoms with Crippen LogP contribution in [0.4, 0.5) is 8.78 Å². The van der Waals surface area contributed by atoms with E-state index in [4.69, 9.17) is 18.9 Å². The van der Waals surface area contributed by atoms with E-state index in [9.17, 15) is 8.78 Å². The average Bonchev–Trinajstić information content (AvgIpc) is 2.86. The third-order valence-electron chi connectivity index (χ3n) is 3.33. The molecular weight excluding hydrogens is 258 g/mol. The molecule has 2 aliphatic heterocycles. The fraction of sp³-hybridized carbons (Fsp3) is 1.00. The summed E-state index contributed by atoms with van der Waals surface area (Å²) in [6.07, 6.45) is -1.66. The van der Waals surface area contributed by atoms with Crippen molar-refractivity contribution in [3.05, 3.63) is 0 Å². The molecule has 0 N–H and O–H groups in total. The summed E-state index contributed by atoms with van der Waals surface area (Å²) in [6.45, 7) is 6.36. The molecule has 0 saturated carbocycles. The molecule has 112 valence electrons. The molecule has 2 heterocycles. The van der Waals surface area contributed by atoms with Crippen molar-refractivity contribution in [2.24, 2.45) is 5.92 Å². The summed E-state index contributed by atoms with van der Waals surface area (Å²) in [4.78, 5) is 0. The minimum atomic E-state index is -2.80. The zero-order valence-corrected chi connectivity index (χ0v) is 11.7. The van der Waals surface area contributed by atoms with Gasteiger partial charge >= 0.3 is 0 Å². The number of alkyl halides is 2. The number of hydrogen-bond donors (Lipinski definition) is 0. The summed E-state index contributed by atoms with van der Waals surface area (Å²) >= 11 is 0. The molecular formula is C13H22F2O4. The highest BCUT2D eigenvalue weighted by molar-refractivity contribution is 4.80. The van der Waals surface area contributed by atoms with Crippen molar-refractivity contribution in [3.63, 3.8) is 0 Å². The smallest absolute Gasteiger partial charge is 0.251 e. The van der Waals surface area contributed by atoms with Crippen LogP contribution in [0, 0.1) is 5.92 Å². The van der Waals surface area contributed by atoms with Gasteiger partial charge in [-0.25, -0.2) is 8.78 Å². The van der Waals surface area contributed by atoms with Crippen LogP contribution in [0.25, 0.3) is 0 Å². The molecule has 0 radical (unpaired) electrons. The predicted octanol–water partition coefficient (Wildman–Crippen LogP) is 2.56. The van der Waals surface area contributed by atoms with Crippen molar-refractivity contribution in [3.8, 4) is 0 Å². The topological polar surface area (TPSA) is 36.9 Å². The van der Waals surface area contributed by atoms with E-state index in [0.29, 0.717) is 13.2 Å². The van der Waals surface area contributed by atoms with Gasteiger partial charge in [0.15, 0.2) is 12.1 Å². The fourth-order valence-electron chi connectivity index (χ4n) is 2.55. The van der Waals surface area contributed by atoms with Crippen LogP contribution < -0.4 is 0 Å². The van der Waals surface area contributed by atoms with Gasteiger partial charge in [-0.2, -0.15) is 0 Å². The zero-order chi connectivity index (χ0) is 14.1. The number of halogens is 2. The molecule has 2 atom stereocenters. The Bertz CT molecular complexity index is 297. The highest BCUT2D eigenvalue weighted by Crippen LogP contribution is 2.35. The van der Waals surface area contributed by atoms with E-state index < -0.39 is 24.1 Å². The molecule has 0 aliphatic carbocycles. The Hall–Kier alpha value is -0.300. The second-order valence-corrected chi connectivity index (χ2v) is 5.80. The Morgan fingerprint density at radius 2 is 1.89 bits per heavy atom. The van der Waals surface area contributed by atoms with Crippen LogP contribution in [-0.4, -0.2) is 43.9 Å². The van der Waals surface area contributed by atoms with Gasteiger partial charge in [0.1, 0.15) is 0 Å². The molecule has 2 rings (SSSR count). The first kappa shape index (κ1) is 15.1. The second-order valence-electron chi connectivity index (χ2n) is 5.80. The van der Waals surface area contributed by atoms with E-state index in [1.165, 1.54) is 0 Å². The average molecular weight is 280 g/mol. The first-order chi connectivity index (χ1) is 8.77. The minimum absolute atomic E-state index is 0.216. The van der Waals surface area contributed by atoms with E-state index >= 15 is 0 Å². The third kappa shape index (κ3) is 4.34. The van der Waals surface area contributed by atoms with E-state index in [2.05, 4.69) is 0 Å². The molecule has 0 amide bonds. The molecule has 0 bridgehead atoms. The molecule has 0 aromatic rings. The maximum Gasteiger partial charge on any atom is 0.251 e. The van der Waals surface area contributed by atoms with Crippen LogP contribution in [0.1, 0.15) is 33.6 Å². The van der Waals surface area contributed by atoms with Crippen molar-refractivity contribution < 1.29 is 27.7 Å². The molecule has 19 heavy (non-hydrogen) atoms. The van der Waals surface area contributed by atoms with Gasteiger partial charge < -0.3 is 18.9 Å².